The maximum atomic E-state index is 4.83. The van der Waals surface area contributed by atoms with Crippen molar-refractivity contribution in [2.75, 3.05) is 13.1 Å². The van der Waals surface area contributed by atoms with Gasteiger partial charge in [-0.3, -0.25) is 14.7 Å². The van der Waals surface area contributed by atoms with Crippen molar-refractivity contribution in [3.8, 4) is 11.3 Å². The first-order valence-corrected chi connectivity index (χ1v) is 11.4. The molecule has 32 heavy (non-hydrogen) atoms. The Balaban J connectivity index is 1.26. The number of nitrogens with one attached hydrogen (secondary N) is 1. The maximum Gasteiger partial charge on any atom is 0.143 e. The number of rotatable bonds is 4. The number of H-pyrrole nitrogens is 1. The van der Waals surface area contributed by atoms with E-state index in [0.717, 1.165) is 77.5 Å². The number of aryl methyl sites for hydroxylation is 4. The van der Waals surface area contributed by atoms with Gasteiger partial charge in [0.1, 0.15) is 5.82 Å². The van der Waals surface area contributed by atoms with E-state index in [2.05, 4.69) is 65.2 Å². The summed E-state index contributed by atoms with van der Waals surface area (Å²) in [5.74, 6) is 1.43. The quantitative estimate of drug-likeness (QED) is 0.521. The summed E-state index contributed by atoms with van der Waals surface area (Å²) in [5.41, 5.74) is 8.90. The van der Waals surface area contributed by atoms with Gasteiger partial charge in [0.05, 0.1) is 23.4 Å². The molecule has 1 aliphatic rings. The fourth-order valence-corrected chi connectivity index (χ4v) is 4.95. The molecule has 1 fully saturated rings. The van der Waals surface area contributed by atoms with E-state index in [1.807, 2.05) is 18.7 Å². The Morgan fingerprint density at radius 1 is 1.00 bits per heavy atom. The number of hydrogen-bond donors (Lipinski definition) is 1. The minimum Gasteiger partial charge on any atom is -0.296 e. The van der Waals surface area contributed by atoms with Crippen LogP contribution in [0, 0.1) is 27.7 Å². The number of hydrogen-bond acceptors (Lipinski definition) is 5. The molecule has 4 heterocycles. The number of nitrogens with zero attached hydrogens (tertiary/aromatic N) is 6. The van der Waals surface area contributed by atoms with Gasteiger partial charge >= 0.3 is 0 Å². The van der Waals surface area contributed by atoms with E-state index in [1.54, 1.807) is 0 Å². The highest BCUT2D eigenvalue weighted by atomic mass is 15.3. The zero-order valence-electron chi connectivity index (χ0n) is 19.6. The predicted octanol–water partition coefficient (Wildman–Crippen LogP) is 4.37. The average Bonchev–Trinajstić information content (AvgIpc) is 3.33. The van der Waals surface area contributed by atoms with E-state index in [-0.39, 0.29) is 0 Å². The van der Waals surface area contributed by atoms with Crippen molar-refractivity contribution in [3.05, 3.63) is 58.4 Å². The van der Waals surface area contributed by atoms with Crippen molar-refractivity contribution in [3.63, 3.8) is 0 Å². The van der Waals surface area contributed by atoms with E-state index in [0.29, 0.717) is 5.92 Å². The van der Waals surface area contributed by atoms with Crippen molar-refractivity contribution in [2.45, 2.75) is 53.0 Å². The zero-order chi connectivity index (χ0) is 22.4. The molecule has 0 amide bonds. The fourth-order valence-electron chi connectivity index (χ4n) is 4.95. The van der Waals surface area contributed by atoms with Crippen LogP contribution in [0.3, 0.4) is 0 Å². The summed E-state index contributed by atoms with van der Waals surface area (Å²) in [5, 5.41) is 13.6. The van der Waals surface area contributed by atoms with Crippen LogP contribution in [0.5, 0.6) is 0 Å². The second kappa shape index (κ2) is 8.13. The van der Waals surface area contributed by atoms with Crippen molar-refractivity contribution >= 4 is 10.9 Å². The molecule has 5 rings (SSSR count). The van der Waals surface area contributed by atoms with Gasteiger partial charge in [-0.05, 0) is 71.8 Å². The third kappa shape index (κ3) is 3.81. The van der Waals surface area contributed by atoms with Gasteiger partial charge < -0.3 is 0 Å². The van der Waals surface area contributed by atoms with Crippen LogP contribution in [0.25, 0.3) is 22.2 Å². The minimum atomic E-state index is 0.506. The van der Waals surface area contributed by atoms with Crippen molar-refractivity contribution in [1.82, 2.24) is 34.8 Å². The summed E-state index contributed by atoms with van der Waals surface area (Å²) < 4.78 is 1.93. The molecule has 1 saturated heterocycles. The monoisotopic (exact) mass is 429 g/mol. The Morgan fingerprint density at radius 2 is 1.78 bits per heavy atom. The summed E-state index contributed by atoms with van der Waals surface area (Å²) in [4.78, 5) is 12.1. The van der Waals surface area contributed by atoms with Crippen LogP contribution >= 0.6 is 0 Å². The molecular weight excluding hydrogens is 398 g/mol. The Kier molecular flexibility index (Phi) is 5.29. The number of fused-ring (bicyclic) bond motifs is 1. The van der Waals surface area contributed by atoms with Gasteiger partial charge in [-0.1, -0.05) is 11.6 Å². The van der Waals surface area contributed by atoms with Crippen LogP contribution in [0.2, 0.25) is 0 Å². The number of aromatic amines is 1. The van der Waals surface area contributed by atoms with Crippen LogP contribution in [0.4, 0.5) is 0 Å². The Hall–Kier alpha value is -3.06. The summed E-state index contributed by atoms with van der Waals surface area (Å²) in [6.45, 7) is 11.2. The number of likely N-dealkylation sites (tertiary alicyclic amines) is 1. The van der Waals surface area contributed by atoms with Gasteiger partial charge in [-0.25, -0.2) is 9.97 Å². The molecule has 1 aliphatic heterocycles. The van der Waals surface area contributed by atoms with Crippen LogP contribution in [0.1, 0.15) is 52.9 Å². The molecule has 0 atom stereocenters. The molecule has 1 N–H and O–H groups in total. The second-order valence-electron chi connectivity index (χ2n) is 9.17. The highest BCUT2D eigenvalue weighted by Gasteiger charge is 2.24. The average molecular weight is 430 g/mol. The van der Waals surface area contributed by atoms with Crippen LogP contribution < -0.4 is 0 Å². The molecular formula is C25H31N7. The molecule has 1 aromatic carbocycles. The molecule has 166 valence electrons. The van der Waals surface area contributed by atoms with Gasteiger partial charge in [-0.15, -0.1) is 0 Å². The molecule has 0 unspecified atom stereocenters. The molecule has 0 radical (unpaired) electrons. The fraction of sp³-hybridized carbons (Fsp3) is 0.440. The van der Waals surface area contributed by atoms with Gasteiger partial charge in [0, 0.05) is 41.0 Å². The first-order valence-electron chi connectivity index (χ1n) is 11.4. The highest BCUT2D eigenvalue weighted by molar-refractivity contribution is 5.81. The van der Waals surface area contributed by atoms with Gasteiger partial charge in [0.15, 0.2) is 0 Å². The first-order chi connectivity index (χ1) is 15.4. The topological polar surface area (TPSA) is 75.5 Å². The number of benzene rings is 1. The standard InChI is InChI=1S/C25H31N7/c1-15-6-7-21-20(12-15)16(2)26-24(27-21)14-32-10-8-19(9-11-32)22-13-23(29-28-22)25-17(3)30-31(5)18(25)4/h6-7,12-13,19H,8-11,14H2,1-5H3,(H,28,29). The summed E-state index contributed by atoms with van der Waals surface area (Å²) in [7, 11) is 1.98. The third-order valence-corrected chi connectivity index (χ3v) is 6.84. The van der Waals surface area contributed by atoms with Crippen LogP contribution in [-0.4, -0.2) is 47.9 Å². The molecule has 7 heteroatoms. The van der Waals surface area contributed by atoms with E-state index < -0.39 is 0 Å². The van der Waals surface area contributed by atoms with Crippen molar-refractivity contribution < 1.29 is 0 Å². The van der Waals surface area contributed by atoms with E-state index >= 15 is 0 Å². The van der Waals surface area contributed by atoms with E-state index in [1.165, 1.54) is 11.3 Å². The van der Waals surface area contributed by atoms with Crippen molar-refractivity contribution in [2.24, 2.45) is 7.05 Å². The van der Waals surface area contributed by atoms with Crippen LogP contribution in [0.15, 0.2) is 24.3 Å². The van der Waals surface area contributed by atoms with Crippen molar-refractivity contribution in [1.29, 1.82) is 0 Å². The predicted molar refractivity (Wildman–Crippen MR) is 127 cm³/mol. The molecule has 4 aromatic rings. The molecule has 0 bridgehead atoms. The smallest absolute Gasteiger partial charge is 0.143 e. The Morgan fingerprint density at radius 3 is 2.50 bits per heavy atom. The minimum absolute atomic E-state index is 0.506. The third-order valence-electron chi connectivity index (χ3n) is 6.84. The molecule has 3 aromatic heterocycles. The number of aromatic nitrogens is 6. The lowest BCUT2D eigenvalue weighted by Gasteiger charge is -2.30. The summed E-state index contributed by atoms with van der Waals surface area (Å²) in [6.07, 6.45) is 2.22. The lowest BCUT2D eigenvalue weighted by molar-refractivity contribution is 0.199. The maximum absolute atomic E-state index is 4.83. The van der Waals surface area contributed by atoms with Crippen LogP contribution in [-0.2, 0) is 13.6 Å². The van der Waals surface area contributed by atoms with Gasteiger partial charge in [0.2, 0.25) is 0 Å². The largest absolute Gasteiger partial charge is 0.296 e. The normalized spacial score (nSPS) is 15.7. The molecule has 0 aliphatic carbocycles. The lowest BCUT2D eigenvalue weighted by Crippen LogP contribution is -2.33. The molecule has 0 spiro atoms. The van der Waals surface area contributed by atoms with Gasteiger partial charge in [0.25, 0.3) is 0 Å². The molecule has 0 saturated carbocycles. The first kappa shape index (κ1) is 20.8. The Labute approximate surface area is 188 Å². The number of piperidine rings is 1. The zero-order valence-corrected chi connectivity index (χ0v) is 19.6. The summed E-state index contributed by atoms with van der Waals surface area (Å²) in [6, 6.07) is 8.62. The second-order valence-corrected chi connectivity index (χ2v) is 9.17. The van der Waals surface area contributed by atoms with E-state index in [9.17, 15) is 0 Å². The highest BCUT2D eigenvalue weighted by Crippen LogP contribution is 2.31. The summed E-state index contributed by atoms with van der Waals surface area (Å²) >= 11 is 0. The van der Waals surface area contributed by atoms with Gasteiger partial charge in [-0.2, -0.15) is 10.2 Å². The molecule has 7 nitrogen and oxygen atoms in total. The lowest BCUT2D eigenvalue weighted by atomic mass is 9.93. The Bertz CT molecular complexity index is 1280. The van der Waals surface area contributed by atoms with E-state index in [4.69, 9.17) is 9.97 Å². The SMILES string of the molecule is Cc1ccc2nc(CN3CCC(c4cc(-c5c(C)nn(C)c5C)n[nH]4)CC3)nc(C)c2c1.